The number of amides is 1. The summed E-state index contributed by atoms with van der Waals surface area (Å²) < 4.78 is 3.40. The number of carbonyl (C=O) groups excluding carboxylic acids is 1. The van der Waals surface area contributed by atoms with Crippen molar-refractivity contribution in [1.29, 1.82) is 0 Å². The molecule has 1 aromatic heterocycles. The van der Waals surface area contributed by atoms with Crippen molar-refractivity contribution >= 4 is 29.3 Å². The summed E-state index contributed by atoms with van der Waals surface area (Å²) in [6.45, 7) is 5.86. The van der Waals surface area contributed by atoms with E-state index in [-0.39, 0.29) is 17.5 Å². The Hall–Kier alpha value is -2.67. The van der Waals surface area contributed by atoms with Gasteiger partial charge in [-0.05, 0) is 50.7 Å². The Morgan fingerprint density at radius 2 is 1.78 bits per heavy atom. The quantitative estimate of drug-likeness (QED) is 0.601. The second-order valence-corrected chi connectivity index (χ2v) is 7.14. The van der Waals surface area contributed by atoms with Crippen LogP contribution in [0.4, 0.5) is 0 Å². The Labute approximate surface area is 164 Å². The van der Waals surface area contributed by atoms with Gasteiger partial charge in [0.05, 0.1) is 11.3 Å². The predicted octanol–water partition coefficient (Wildman–Crippen LogP) is 2.68. The van der Waals surface area contributed by atoms with Crippen LogP contribution < -0.4 is 5.56 Å². The van der Waals surface area contributed by atoms with E-state index in [9.17, 15) is 9.59 Å². The average molecular weight is 385 g/mol. The molecule has 27 heavy (non-hydrogen) atoms. The van der Waals surface area contributed by atoms with Crippen LogP contribution in [-0.2, 0) is 11.8 Å². The van der Waals surface area contributed by atoms with Crippen LogP contribution in [0.5, 0.6) is 0 Å². The van der Waals surface area contributed by atoms with Crippen LogP contribution in [0.25, 0.3) is 11.8 Å². The zero-order valence-electron chi connectivity index (χ0n) is 16.3. The molecule has 2 heterocycles. The summed E-state index contributed by atoms with van der Waals surface area (Å²) in [5.41, 5.74) is 2.31. The highest BCUT2D eigenvalue weighted by atomic mass is 32.1. The topological polar surface area (TPSA) is 50.5 Å². The zero-order chi connectivity index (χ0) is 19.9. The third-order valence-electron chi connectivity index (χ3n) is 5.20. The maximum absolute atomic E-state index is 13.1. The molecule has 0 aliphatic carbocycles. The van der Waals surface area contributed by atoms with Gasteiger partial charge in [0.15, 0.2) is 5.11 Å². The number of rotatable bonds is 4. The van der Waals surface area contributed by atoms with Gasteiger partial charge in [-0.15, -0.1) is 0 Å². The molecule has 6 nitrogen and oxygen atoms in total. The molecule has 142 valence electrons. The Morgan fingerprint density at radius 3 is 2.37 bits per heavy atom. The fourth-order valence-corrected chi connectivity index (χ4v) is 3.60. The summed E-state index contributed by atoms with van der Waals surface area (Å²) >= 11 is 5.45. The molecule has 7 heteroatoms. The van der Waals surface area contributed by atoms with Gasteiger partial charge in [0.1, 0.15) is 5.70 Å². The molecule has 0 saturated carbocycles. The summed E-state index contributed by atoms with van der Waals surface area (Å²) in [7, 11) is 3.60. The normalized spacial score (nSPS) is 17.3. The molecule has 0 N–H and O–H groups in total. The second kappa shape index (κ2) is 7.15. The Morgan fingerprint density at radius 1 is 1.15 bits per heavy atom. The average Bonchev–Trinajstić information content (AvgIpc) is 3.00. The molecule has 1 fully saturated rings. The summed E-state index contributed by atoms with van der Waals surface area (Å²) in [6, 6.07) is 9.45. The van der Waals surface area contributed by atoms with E-state index in [1.807, 2.05) is 58.2 Å². The van der Waals surface area contributed by atoms with Gasteiger partial charge in [-0.1, -0.05) is 25.1 Å². The van der Waals surface area contributed by atoms with Gasteiger partial charge in [-0.2, -0.15) is 0 Å². The molecule has 0 unspecified atom stereocenters. The molecule has 0 bridgehead atoms. The Kier molecular flexibility index (Phi) is 5.06. The summed E-state index contributed by atoms with van der Waals surface area (Å²) in [4.78, 5) is 29.3. The van der Waals surface area contributed by atoms with Gasteiger partial charge in [0, 0.05) is 25.8 Å². The number of thiocarbonyl (C=S) groups is 1. The molecular weight excluding hydrogens is 360 g/mol. The standard InChI is InChI=1S/C20H24N4O2S/c1-6-13(2)23-19(26)17(21(4)20(23)27)12-16-14(3)22(5)24(18(16)25)15-10-8-7-9-11-15/h7-13H,6H2,1-5H3/b17-12+/t13-/m0/s1. The molecule has 1 saturated heterocycles. The molecular formula is C20H24N4O2S. The molecule has 1 aromatic carbocycles. The van der Waals surface area contributed by atoms with Gasteiger partial charge >= 0.3 is 0 Å². The maximum Gasteiger partial charge on any atom is 0.279 e. The summed E-state index contributed by atoms with van der Waals surface area (Å²) in [5.74, 6) is -0.161. The molecule has 2 aromatic rings. The molecule has 0 spiro atoms. The van der Waals surface area contributed by atoms with Crippen molar-refractivity contribution in [2.75, 3.05) is 7.05 Å². The fourth-order valence-electron chi connectivity index (χ4n) is 3.24. The van der Waals surface area contributed by atoms with Crippen LogP contribution in [0.2, 0.25) is 0 Å². The monoisotopic (exact) mass is 384 g/mol. The lowest BCUT2D eigenvalue weighted by Gasteiger charge is -2.22. The van der Waals surface area contributed by atoms with Crippen molar-refractivity contribution in [2.24, 2.45) is 7.05 Å². The minimum absolute atomic E-state index is 0.0104. The summed E-state index contributed by atoms with van der Waals surface area (Å²) in [6.07, 6.45) is 2.46. The van der Waals surface area contributed by atoms with E-state index in [4.69, 9.17) is 12.2 Å². The molecule has 1 aliphatic heterocycles. The van der Waals surface area contributed by atoms with Crippen molar-refractivity contribution in [3.8, 4) is 5.69 Å². The lowest BCUT2D eigenvalue weighted by molar-refractivity contribution is -0.123. The smallest absolute Gasteiger partial charge is 0.279 e. The van der Waals surface area contributed by atoms with Gasteiger partial charge < -0.3 is 4.90 Å². The van der Waals surface area contributed by atoms with Crippen LogP contribution in [0, 0.1) is 6.92 Å². The fraction of sp³-hybridized carbons (Fsp3) is 0.350. The van der Waals surface area contributed by atoms with Crippen molar-refractivity contribution in [2.45, 2.75) is 33.2 Å². The molecule has 1 aliphatic rings. The van der Waals surface area contributed by atoms with Crippen molar-refractivity contribution in [3.63, 3.8) is 0 Å². The van der Waals surface area contributed by atoms with Crippen LogP contribution >= 0.6 is 12.2 Å². The van der Waals surface area contributed by atoms with E-state index >= 15 is 0 Å². The molecule has 0 radical (unpaired) electrons. The van der Waals surface area contributed by atoms with Gasteiger partial charge in [0.25, 0.3) is 11.5 Å². The Bertz CT molecular complexity index is 987. The lowest BCUT2D eigenvalue weighted by Crippen LogP contribution is -2.38. The molecule has 1 atom stereocenters. The number of hydrogen-bond acceptors (Lipinski definition) is 3. The largest absolute Gasteiger partial charge is 0.317 e. The van der Waals surface area contributed by atoms with Crippen molar-refractivity contribution in [1.82, 2.24) is 19.2 Å². The predicted molar refractivity (Wildman–Crippen MR) is 111 cm³/mol. The van der Waals surface area contributed by atoms with Crippen molar-refractivity contribution < 1.29 is 4.79 Å². The highest BCUT2D eigenvalue weighted by Crippen LogP contribution is 2.25. The van der Waals surface area contributed by atoms with Gasteiger partial charge in [-0.25, -0.2) is 4.68 Å². The number of benzene rings is 1. The third kappa shape index (κ3) is 3.02. The summed E-state index contributed by atoms with van der Waals surface area (Å²) in [5, 5.41) is 0.470. The number of aromatic nitrogens is 2. The molecule has 1 amide bonds. The number of nitrogens with zero attached hydrogens (tertiary/aromatic N) is 4. The van der Waals surface area contributed by atoms with Crippen LogP contribution in [0.3, 0.4) is 0 Å². The van der Waals surface area contributed by atoms with Crippen LogP contribution in [-0.4, -0.2) is 43.3 Å². The first-order valence-electron chi connectivity index (χ1n) is 8.96. The molecule has 3 rings (SSSR count). The highest BCUT2D eigenvalue weighted by molar-refractivity contribution is 7.80. The van der Waals surface area contributed by atoms with E-state index in [0.29, 0.717) is 16.4 Å². The number of para-hydroxylation sites is 1. The van der Waals surface area contributed by atoms with Crippen LogP contribution in [0.1, 0.15) is 31.5 Å². The van der Waals surface area contributed by atoms with E-state index in [2.05, 4.69) is 0 Å². The highest BCUT2D eigenvalue weighted by Gasteiger charge is 2.38. The minimum Gasteiger partial charge on any atom is -0.317 e. The zero-order valence-corrected chi connectivity index (χ0v) is 17.1. The first-order valence-corrected chi connectivity index (χ1v) is 9.37. The first kappa shape index (κ1) is 19.1. The SMILES string of the molecule is CC[C@H](C)N1C(=O)/C(=C\c2c(C)n(C)n(-c3ccccc3)c2=O)N(C)C1=S. The number of carbonyl (C=O) groups is 1. The van der Waals surface area contributed by atoms with E-state index < -0.39 is 0 Å². The van der Waals surface area contributed by atoms with Gasteiger partial charge in [0.2, 0.25) is 0 Å². The first-order chi connectivity index (χ1) is 12.8. The minimum atomic E-state index is -0.164. The number of likely N-dealkylation sites (N-methyl/N-ethyl adjacent to an activating group) is 1. The van der Waals surface area contributed by atoms with Crippen LogP contribution in [0.15, 0.2) is 40.8 Å². The maximum atomic E-state index is 13.1. The van der Waals surface area contributed by atoms with E-state index in [1.165, 1.54) is 0 Å². The van der Waals surface area contributed by atoms with Gasteiger partial charge in [-0.3, -0.25) is 19.2 Å². The Balaban J connectivity index is 2.12. The van der Waals surface area contributed by atoms with Crippen molar-refractivity contribution in [3.05, 3.63) is 57.6 Å². The number of hydrogen-bond donors (Lipinski definition) is 0. The van der Waals surface area contributed by atoms with E-state index in [0.717, 1.165) is 17.8 Å². The third-order valence-corrected chi connectivity index (χ3v) is 5.67. The second-order valence-electron chi connectivity index (χ2n) is 6.78. The van der Waals surface area contributed by atoms with E-state index in [1.54, 1.807) is 32.3 Å². The lowest BCUT2D eigenvalue weighted by atomic mass is 10.2.